The van der Waals surface area contributed by atoms with Crippen molar-refractivity contribution in [3.05, 3.63) is 95.1 Å². The number of piperidine rings is 1. The number of benzene rings is 3. The lowest BCUT2D eigenvalue weighted by Crippen LogP contribution is -2.49. The molecule has 1 N–H and O–H groups in total. The molecule has 2 heterocycles. The Bertz CT molecular complexity index is 1250. The molecule has 0 saturated carbocycles. The van der Waals surface area contributed by atoms with Crippen molar-refractivity contribution in [1.82, 2.24) is 5.32 Å². The second-order valence-electron chi connectivity index (χ2n) is 9.44. The Morgan fingerprint density at radius 1 is 0.912 bits per heavy atom. The molecule has 1 spiro atoms. The third-order valence-electron chi connectivity index (χ3n) is 7.02. The normalized spacial score (nSPS) is 19.4. The fourth-order valence-electron chi connectivity index (χ4n) is 5.20. The smallest absolute Gasteiger partial charge is 0.175 e. The number of hydrogen-bond donors (Lipinski definition) is 1. The van der Waals surface area contributed by atoms with Crippen molar-refractivity contribution in [1.29, 1.82) is 0 Å². The molecule has 1 saturated heterocycles. The van der Waals surface area contributed by atoms with Gasteiger partial charge in [0.1, 0.15) is 11.4 Å². The van der Waals surface area contributed by atoms with E-state index in [-0.39, 0.29) is 5.60 Å². The van der Waals surface area contributed by atoms with Crippen LogP contribution in [-0.4, -0.2) is 33.4 Å². The molecular weight excluding hydrogens is 462 g/mol. The topological polar surface area (TPSA) is 55.4 Å². The predicted octanol–water partition coefficient (Wildman–Crippen LogP) is 5.56. The number of fused-ring (bicyclic) bond motifs is 1. The van der Waals surface area contributed by atoms with Crippen LogP contribution < -0.4 is 10.1 Å². The summed E-state index contributed by atoms with van der Waals surface area (Å²) < 4.78 is 30.1. The first-order valence-corrected chi connectivity index (χ1v) is 14.9. The van der Waals surface area contributed by atoms with Gasteiger partial charge in [-0.1, -0.05) is 54.6 Å². The van der Waals surface area contributed by atoms with Crippen molar-refractivity contribution in [2.45, 2.75) is 47.2 Å². The average Bonchev–Trinajstić information content (AvgIpc) is 2.84. The number of thioether (sulfide) groups is 1. The predicted molar refractivity (Wildman–Crippen MR) is 139 cm³/mol. The summed E-state index contributed by atoms with van der Waals surface area (Å²) in [6.07, 6.45) is 4.34. The number of nitrogens with one attached hydrogen (secondary N) is 1. The minimum atomic E-state index is -3.16. The molecule has 0 radical (unpaired) electrons. The number of ether oxygens (including phenoxy) is 1. The molecule has 0 aromatic heterocycles. The summed E-state index contributed by atoms with van der Waals surface area (Å²) in [4.78, 5) is 0.372. The lowest BCUT2D eigenvalue weighted by molar-refractivity contribution is 0.0113. The Kier molecular flexibility index (Phi) is 6.74. The van der Waals surface area contributed by atoms with E-state index in [9.17, 15) is 8.42 Å². The molecule has 1 atom stereocenters. The maximum atomic E-state index is 11.7. The Morgan fingerprint density at radius 3 is 2.32 bits per heavy atom. The van der Waals surface area contributed by atoms with Crippen LogP contribution in [0.15, 0.2) is 77.7 Å². The molecule has 3 aromatic carbocycles. The summed E-state index contributed by atoms with van der Waals surface area (Å²) in [6, 6.07) is 24.6. The van der Waals surface area contributed by atoms with Gasteiger partial charge in [0.05, 0.1) is 4.90 Å². The maximum Gasteiger partial charge on any atom is 0.175 e. The third-order valence-corrected chi connectivity index (χ3v) is 9.20. The van der Waals surface area contributed by atoms with Crippen molar-refractivity contribution in [2.75, 3.05) is 19.3 Å². The van der Waals surface area contributed by atoms with E-state index >= 15 is 0 Å². The highest BCUT2D eigenvalue weighted by molar-refractivity contribution is 7.97. The Balaban J connectivity index is 1.36. The van der Waals surface area contributed by atoms with Gasteiger partial charge in [0.25, 0.3) is 0 Å². The molecule has 0 aliphatic carbocycles. The summed E-state index contributed by atoms with van der Waals surface area (Å²) in [5.74, 6) is 3.12. The van der Waals surface area contributed by atoms with Crippen LogP contribution in [0.25, 0.3) is 0 Å². The zero-order valence-electron chi connectivity index (χ0n) is 19.5. The minimum Gasteiger partial charge on any atom is -0.487 e. The fourth-order valence-corrected chi connectivity index (χ4v) is 6.85. The largest absolute Gasteiger partial charge is 0.487 e. The van der Waals surface area contributed by atoms with Crippen molar-refractivity contribution < 1.29 is 13.2 Å². The van der Waals surface area contributed by atoms with Gasteiger partial charge >= 0.3 is 0 Å². The van der Waals surface area contributed by atoms with E-state index in [0.29, 0.717) is 10.8 Å². The lowest BCUT2D eigenvalue weighted by atomic mass is 9.74. The number of hydrogen-bond acceptors (Lipinski definition) is 5. The van der Waals surface area contributed by atoms with Gasteiger partial charge in [0.15, 0.2) is 9.84 Å². The maximum absolute atomic E-state index is 11.7. The van der Waals surface area contributed by atoms with Gasteiger partial charge in [0.2, 0.25) is 0 Å². The quantitative estimate of drug-likeness (QED) is 0.487. The number of para-hydroxylation sites is 1. The summed E-state index contributed by atoms with van der Waals surface area (Å²) in [5, 5.41) is 3.48. The molecule has 5 rings (SSSR count). The van der Waals surface area contributed by atoms with Crippen LogP contribution in [0, 0.1) is 0 Å². The van der Waals surface area contributed by atoms with Crippen molar-refractivity contribution in [3.8, 4) is 5.75 Å². The summed E-state index contributed by atoms with van der Waals surface area (Å²) in [5.41, 5.74) is 5.11. The van der Waals surface area contributed by atoms with Gasteiger partial charge in [-0.05, 0) is 67.2 Å². The first-order valence-electron chi connectivity index (χ1n) is 11.9. The summed E-state index contributed by atoms with van der Waals surface area (Å²) in [6.45, 7) is 2.01. The molecule has 1 fully saturated rings. The second kappa shape index (κ2) is 9.76. The zero-order chi connectivity index (χ0) is 23.6. The Morgan fingerprint density at radius 2 is 1.59 bits per heavy atom. The summed E-state index contributed by atoms with van der Waals surface area (Å²) in [7, 11) is -3.16. The number of rotatable bonds is 6. The molecule has 2 aliphatic rings. The second-order valence-corrected chi connectivity index (χ2v) is 12.4. The van der Waals surface area contributed by atoms with Gasteiger partial charge in [-0.15, -0.1) is 0 Å². The Labute approximate surface area is 207 Å². The van der Waals surface area contributed by atoms with E-state index in [4.69, 9.17) is 4.74 Å². The highest BCUT2D eigenvalue weighted by Crippen LogP contribution is 2.48. The molecular formula is C28H31NO3S2. The SMILES string of the molecule is CS(=O)(=O)c1ccc(CSCc2ccccc2C2CC3(CCNCC3)Oc3ccccc32)cc1. The number of sulfone groups is 1. The van der Waals surface area contributed by atoms with E-state index in [1.54, 1.807) is 12.1 Å². The van der Waals surface area contributed by atoms with Crippen LogP contribution in [0.5, 0.6) is 5.75 Å². The molecule has 34 heavy (non-hydrogen) atoms. The standard InChI is InChI=1S/C28H31NO3S2/c1-34(30,31)23-12-10-21(11-13-23)19-33-20-22-6-2-3-7-24(22)26-18-28(14-16-29-17-15-28)32-27-9-5-4-8-25(26)27/h2-13,26,29H,14-20H2,1H3. The molecule has 178 valence electrons. The van der Waals surface area contributed by atoms with Gasteiger partial charge < -0.3 is 10.1 Å². The highest BCUT2D eigenvalue weighted by Gasteiger charge is 2.42. The minimum absolute atomic E-state index is 0.0914. The first-order chi connectivity index (χ1) is 16.4. The van der Waals surface area contributed by atoms with Gasteiger partial charge in [-0.25, -0.2) is 8.42 Å². The first kappa shape index (κ1) is 23.5. The molecule has 0 amide bonds. The van der Waals surface area contributed by atoms with Crippen LogP contribution >= 0.6 is 11.8 Å². The van der Waals surface area contributed by atoms with Gasteiger partial charge in [-0.2, -0.15) is 11.8 Å². The average molecular weight is 494 g/mol. The molecule has 1 unspecified atom stereocenters. The van der Waals surface area contributed by atoms with Crippen LogP contribution in [0.1, 0.15) is 47.4 Å². The lowest BCUT2D eigenvalue weighted by Gasteiger charge is -2.45. The fraction of sp³-hybridized carbons (Fsp3) is 0.357. The molecule has 6 heteroatoms. The van der Waals surface area contributed by atoms with E-state index in [0.717, 1.165) is 55.2 Å². The highest BCUT2D eigenvalue weighted by atomic mass is 32.2. The van der Waals surface area contributed by atoms with E-state index < -0.39 is 9.84 Å². The molecule has 2 aliphatic heterocycles. The van der Waals surface area contributed by atoms with Crippen molar-refractivity contribution in [3.63, 3.8) is 0 Å². The van der Waals surface area contributed by atoms with Crippen LogP contribution in [0.4, 0.5) is 0 Å². The Hall–Kier alpha value is -2.28. The summed E-state index contributed by atoms with van der Waals surface area (Å²) >= 11 is 1.87. The van der Waals surface area contributed by atoms with E-state index in [1.165, 1.54) is 22.9 Å². The van der Waals surface area contributed by atoms with Gasteiger partial charge in [0, 0.05) is 29.2 Å². The molecule has 3 aromatic rings. The van der Waals surface area contributed by atoms with Crippen molar-refractivity contribution in [2.24, 2.45) is 0 Å². The van der Waals surface area contributed by atoms with E-state index in [2.05, 4.69) is 53.8 Å². The van der Waals surface area contributed by atoms with Crippen molar-refractivity contribution >= 4 is 21.6 Å². The monoisotopic (exact) mass is 493 g/mol. The van der Waals surface area contributed by atoms with E-state index in [1.807, 2.05) is 23.9 Å². The van der Waals surface area contributed by atoms with Crippen LogP contribution in [-0.2, 0) is 21.3 Å². The zero-order valence-corrected chi connectivity index (χ0v) is 21.1. The van der Waals surface area contributed by atoms with Crippen LogP contribution in [0.3, 0.4) is 0 Å². The third kappa shape index (κ3) is 5.04. The van der Waals surface area contributed by atoms with Crippen LogP contribution in [0.2, 0.25) is 0 Å². The van der Waals surface area contributed by atoms with Gasteiger partial charge in [-0.3, -0.25) is 0 Å². The molecule has 4 nitrogen and oxygen atoms in total. The molecule has 0 bridgehead atoms.